The molecule has 37 heavy (non-hydrogen) atoms. The van der Waals surface area contributed by atoms with Gasteiger partial charge in [-0.15, -0.1) is 0 Å². The lowest BCUT2D eigenvalue weighted by Crippen LogP contribution is -2.73. The van der Waals surface area contributed by atoms with Gasteiger partial charge in [0.1, 0.15) is 11.6 Å². The van der Waals surface area contributed by atoms with E-state index in [-0.39, 0.29) is 17.4 Å². The smallest absolute Gasteiger partial charge is 0.335 e. The zero-order chi connectivity index (χ0) is 26.6. The molecule has 2 aromatic carbocycles. The van der Waals surface area contributed by atoms with Gasteiger partial charge in [0.25, 0.3) is 0 Å². The Labute approximate surface area is 219 Å². The maximum absolute atomic E-state index is 13.4. The van der Waals surface area contributed by atoms with Crippen LogP contribution in [0.15, 0.2) is 48.5 Å². The number of nitrogens with zero attached hydrogens (tertiary/aromatic N) is 2. The maximum Gasteiger partial charge on any atom is 0.335 e. The molecule has 4 rings (SSSR count). The molecule has 198 valence electrons. The summed E-state index contributed by atoms with van der Waals surface area (Å²) in [6.45, 7) is 9.24. The highest BCUT2D eigenvalue weighted by molar-refractivity contribution is 6.00. The van der Waals surface area contributed by atoms with E-state index in [0.717, 1.165) is 43.6 Å². The number of piperidine rings is 1. The van der Waals surface area contributed by atoms with Crippen molar-refractivity contribution in [3.63, 3.8) is 0 Å². The van der Waals surface area contributed by atoms with Gasteiger partial charge in [-0.05, 0) is 60.4 Å². The molecule has 0 saturated carbocycles. The Morgan fingerprint density at radius 3 is 2.16 bits per heavy atom. The molecule has 2 fully saturated rings. The Kier molecular flexibility index (Phi) is 8.32. The number of rotatable bonds is 9. The van der Waals surface area contributed by atoms with Crippen LogP contribution in [0, 0.1) is 5.92 Å². The van der Waals surface area contributed by atoms with Gasteiger partial charge in [-0.2, -0.15) is 0 Å². The van der Waals surface area contributed by atoms with E-state index >= 15 is 0 Å². The van der Waals surface area contributed by atoms with Crippen molar-refractivity contribution in [3.05, 3.63) is 59.7 Å². The van der Waals surface area contributed by atoms with Gasteiger partial charge in [-0.3, -0.25) is 14.5 Å². The molecule has 2 aliphatic rings. The van der Waals surface area contributed by atoms with E-state index in [1.807, 2.05) is 17.0 Å². The summed E-state index contributed by atoms with van der Waals surface area (Å²) in [6.07, 6.45) is 3.87. The van der Waals surface area contributed by atoms with Crippen LogP contribution < -0.4 is 5.32 Å². The van der Waals surface area contributed by atoms with Crippen molar-refractivity contribution in [3.8, 4) is 11.1 Å². The van der Waals surface area contributed by atoms with Crippen molar-refractivity contribution in [2.45, 2.75) is 71.0 Å². The molecule has 0 aromatic heterocycles. The molecule has 1 atom stereocenters. The Balaban J connectivity index is 1.40. The van der Waals surface area contributed by atoms with Crippen LogP contribution in [0.1, 0.15) is 68.8 Å². The summed E-state index contributed by atoms with van der Waals surface area (Å²) in [6, 6.07) is 14.8. The second-order valence-electron chi connectivity index (χ2n) is 10.9. The molecule has 0 bridgehead atoms. The number of aromatic carboxylic acids is 1. The molecule has 2 aliphatic heterocycles. The highest BCUT2D eigenvalue weighted by Crippen LogP contribution is 2.35. The molecular weight excluding hydrogens is 466 g/mol. The van der Waals surface area contributed by atoms with Gasteiger partial charge < -0.3 is 15.3 Å². The molecule has 1 spiro atoms. The number of carboxylic acid groups (broad SMARTS) is 1. The van der Waals surface area contributed by atoms with Crippen LogP contribution in [-0.2, 0) is 16.1 Å². The summed E-state index contributed by atoms with van der Waals surface area (Å²) in [5.41, 5.74) is 2.75. The Hall–Kier alpha value is -3.19. The number of unbranched alkanes of at least 4 members (excludes halogenated alkanes) is 1. The quantitative estimate of drug-likeness (QED) is 0.522. The topological polar surface area (TPSA) is 90.0 Å². The summed E-state index contributed by atoms with van der Waals surface area (Å²) in [5.74, 6) is -0.480. The van der Waals surface area contributed by atoms with Gasteiger partial charge in [0.05, 0.1) is 5.56 Å². The molecule has 2 aromatic rings. The molecular formula is C30H39N3O4. The van der Waals surface area contributed by atoms with Crippen LogP contribution in [0.4, 0.5) is 0 Å². The monoisotopic (exact) mass is 505 g/mol. The SMILES string of the molecule is CCCCN1C(=O)C(CC(C)C)NC(=O)C12CCN(Cc1ccc(-c3ccc(C(=O)O)cc3)cc1)CC2. The average molecular weight is 506 g/mol. The first-order valence-corrected chi connectivity index (χ1v) is 13.5. The van der Waals surface area contributed by atoms with E-state index in [1.54, 1.807) is 12.1 Å². The van der Waals surface area contributed by atoms with Gasteiger partial charge in [0.15, 0.2) is 0 Å². The van der Waals surface area contributed by atoms with Crippen molar-refractivity contribution in [1.82, 2.24) is 15.1 Å². The minimum atomic E-state index is -0.927. The van der Waals surface area contributed by atoms with Crippen molar-refractivity contribution in [2.75, 3.05) is 19.6 Å². The molecule has 2 saturated heterocycles. The maximum atomic E-state index is 13.4. The standard InChI is InChI=1S/C30H39N3O4/c1-4-5-16-33-27(34)26(19-21(2)3)31-29(37)30(33)14-17-32(18-15-30)20-22-6-8-23(9-7-22)24-10-12-25(13-11-24)28(35)36/h6-13,21,26H,4-5,14-20H2,1-3H3,(H,31,37)(H,35,36). The van der Waals surface area contributed by atoms with Crippen molar-refractivity contribution < 1.29 is 19.5 Å². The minimum Gasteiger partial charge on any atom is -0.478 e. The lowest BCUT2D eigenvalue weighted by Gasteiger charge is -2.52. The fourth-order valence-corrected chi connectivity index (χ4v) is 5.59. The average Bonchev–Trinajstić information content (AvgIpc) is 2.89. The van der Waals surface area contributed by atoms with E-state index in [0.29, 0.717) is 31.7 Å². The van der Waals surface area contributed by atoms with E-state index in [4.69, 9.17) is 5.11 Å². The number of nitrogens with one attached hydrogen (secondary N) is 1. The zero-order valence-electron chi connectivity index (χ0n) is 22.2. The number of hydrogen-bond donors (Lipinski definition) is 2. The van der Waals surface area contributed by atoms with Crippen molar-refractivity contribution in [2.24, 2.45) is 5.92 Å². The van der Waals surface area contributed by atoms with Crippen LogP contribution in [0.3, 0.4) is 0 Å². The number of amides is 2. The molecule has 2 heterocycles. The second kappa shape index (κ2) is 11.5. The molecule has 0 radical (unpaired) electrons. The number of piperazine rings is 1. The first-order valence-electron chi connectivity index (χ1n) is 13.5. The molecule has 7 heteroatoms. The largest absolute Gasteiger partial charge is 0.478 e. The van der Waals surface area contributed by atoms with E-state index in [2.05, 4.69) is 55.3 Å². The summed E-state index contributed by atoms with van der Waals surface area (Å²) in [5, 5.41) is 12.2. The predicted molar refractivity (Wildman–Crippen MR) is 144 cm³/mol. The van der Waals surface area contributed by atoms with E-state index < -0.39 is 17.6 Å². The van der Waals surface area contributed by atoms with Crippen LogP contribution in [0.5, 0.6) is 0 Å². The summed E-state index contributed by atoms with van der Waals surface area (Å²) in [4.78, 5) is 42.2. The molecule has 7 nitrogen and oxygen atoms in total. The van der Waals surface area contributed by atoms with Crippen LogP contribution >= 0.6 is 0 Å². The Morgan fingerprint density at radius 2 is 1.62 bits per heavy atom. The number of hydrogen-bond acceptors (Lipinski definition) is 4. The first kappa shape index (κ1) is 26.9. The number of carbonyl (C=O) groups is 3. The fraction of sp³-hybridized carbons (Fsp3) is 0.500. The summed E-state index contributed by atoms with van der Waals surface area (Å²) in [7, 11) is 0. The number of benzene rings is 2. The van der Waals surface area contributed by atoms with Crippen LogP contribution in [0.2, 0.25) is 0 Å². The van der Waals surface area contributed by atoms with Crippen LogP contribution in [0.25, 0.3) is 11.1 Å². The first-order chi connectivity index (χ1) is 17.7. The molecule has 1 unspecified atom stereocenters. The zero-order valence-corrected chi connectivity index (χ0v) is 22.2. The highest BCUT2D eigenvalue weighted by Gasteiger charge is 2.53. The van der Waals surface area contributed by atoms with Gasteiger partial charge in [0, 0.05) is 26.2 Å². The third-order valence-electron chi connectivity index (χ3n) is 7.76. The number of likely N-dealkylation sites (tertiary alicyclic amines) is 1. The minimum absolute atomic E-state index is 0.0202. The third-order valence-corrected chi connectivity index (χ3v) is 7.76. The van der Waals surface area contributed by atoms with Gasteiger partial charge in [-0.1, -0.05) is 63.6 Å². The van der Waals surface area contributed by atoms with Crippen molar-refractivity contribution in [1.29, 1.82) is 0 Å². The lowest BCUT2D eigenvalue weighted by molar-refractivity contribution is -0.161. The Bertz CT molecular complexity index is 1100. The highest BCUT2D eigenvalue weighted by atomic mass is 16.4. The number of carbonyl (C=O) groups excluding carboxylic acids is 2. The number of carboxylic acids is 1. The second-order valence-corrected chi connectivity index (χ2v) is 10.9. The van der Waals surface area contributed by atoms with Gasteiger partial charge >= 0.3 is 5.97 Å². The summed E-state index contributed by atoms with van der Waals surface area (Å²) < 4.78 is 0. The van der Waals surface area contributed by atoms with Crippen molar-refractivity contribution >= 4 is 17.8 Å². The predicted octanol–water partition coefficient (Wildman–Crippen LogP) is 4.56. The van der Waals surface area contributed by atoms with Gasteiger partial charge in [0.2, 0.25) is 11.8 Å². The van der Waals surface area contributed by atoms with Crippen LogP contribution in [-0.4, -0.2) is 63.9 Å². The Morgan fingerprint density at radius 1 is 1.03 bits per heavy atom. The van der Waals surface area contributed by atoms with E-state index in [9.17, 15) is 14.4 Å². The fourth-order valence-electron chi connectivity index (χ4n) is 5.59. The lowest BCUT2D eigenvalue weighted by atomic mass is 9.80. The molecule has 2 amide bonds. The normalized spacial score (nSPS) is 19.9. The van der Waals surface area contributed by atoms with Gasteiger partial charge in [-0.25, -0.2) is 4.79 Å². The summed E-state index contributed by atoms with van der Waals surface area (Å²) >= 11 is 0. The van der Waals surface area contributed by atoms with E-state index in [1.165, 1.54) is 5.56 Å². The molecule has 2 N–H and O–H groups in total. The molecule has 0 aliphatic carbocycles. The third kappa shape index (κ3) is 5.87.